The fraction of sp³-hybridized carbons (Fsp3) is 0. The monoisotopic (exact) mass is 298 g/mol. The SMILES string of the molecule is Oc1ccc(-c2ccccc2-c2cccc(F)c2)c(Cl)c1. The van der Waals surface area contributed by atoms with Crippen molar-refractivity contribution in [3.63, 3.8) is 0 Å². The van der Waals surface area contributed by atoms with Crippen molar-refractivity contribution >= 4 is 11.6 Å². The van der Waals surface area contributed by atoms with Gasteiger partial charge in [0.1, 0.15) is 11.6 Å². The van der Waals surface area contributed by atoms with Crippen molar-refractivity contribution < 1.29 is 9.50 Å². The molecule has 0 unspecified atom stereocenters. The Morgan fingerprint density at radius 3 is 2.24 bits per heavy atom. The van der Waals surface area contributed by atoms with Gasteiger partial charge in [-0.3, -0.25) is 0 Å². The Labute approximate surface area is 127 Å². The molecule has 3 heteroatoms. The maximum Gasteiger partial charge on any atom is 0.123 e. The van der Waals surface area contributed by atoms with Crippen LogP contribution in [0.3, 0.4) is 0 Å². The van der Waals surface area contributed by atoms with Crippen LogP contribution in [0.4, 0.5) is 4.39 Å². The predicted molar refractivity (Wildman–Crippen MR) is 83.9 cm³/mol. The molecule has 0 fully saturated rings. The van der Waals surface area contributed by atoms with Crippen molar-refractivity contribution in [2.45, 2.75) is 0 Å². The molecule has 0 aromatic heterocycles. The van der Waals surface area contributed by atoms with E-state index in [1.54, 1.807) is 18.2 Å². The van der Waals surface area contributed by atoms with Crippen molar-refractivity contribution in [3.05, 3.63) is 77.6 Å². The maximum atomic E-state index is 13.5. The van der Waals surface area contributed by atoms with Gasteiger partial charge in [0, 0.05) is 5.56 Å². The highest BCUT2D eigenvalue weighted by molar-refractivity contribution is 6.33. The summed E-state index contributed by atoms with van der Waals surface area (Å²) >= 11 is 6.22. The topological polar surface area (TPSA) is 20.2 Å². The minimum absolute atomic E-state index is 0.118. The van der Waals surface area contributed by atoms with E-state index in [1.165, 1.54) is 18.2 Å². The normalized spacial score (nSPS) is 10.6. The lowest BCUT2D eigenvalue weighted by Gasteiger charge is -2.12. The molecule has 0 aliphatic rings. The van der Waals surface area contributed by atoms with Crippen LogP contribution in [0.1, 0.15) is 0 Å². The van der Waals surface area contributed by atoms with E-state index in [0.29, 0.717) is 5.02 Å². The van der Waals surface area contributed by atoms with Gasteiger partial charge in [-0.1, -0.05) is 48.0 Å². The first kappa shape index (κ1) is 13.7. The Morgan fingerprint density at radius 2 is 1.52 bits per heavy atom. The van der Waals surface area contributed by atoms with Gasteiger partial charge in [-0.2, -0.15) is 0 Å². The predicted octanol–water partition coefficient (Wildman–Crippen LogP) is 5.52. The van der Waals surface area contributed by atoms with Gasteiger partial charge in [0.25, 0.3) is 0 Å². The maximum absolute atomic E-state index is 13.5. The molecule has 0 spiro atoms. The van der Waals surface area contributed by atoms with Gasteiger partial charge < -0.3 is 5.11 Å². The van der Waals surface area contributed by atoms with Crippen molar-refractivity contribution in [2.24, 2.45) is 0 Å². The molecule has 21 heavy (non-hydrogen) atoms. The van der Waals surface area contributed by atoms with Crippen LogP contribution < -0.4 is 0 Å². The van der Waals surface area contributed by atoms with Crippen LogP contribution in [0.5, 0.6) is 5.75 Å². The zero-order valence-electron chi connectivity index (χ0n) is 11.1. The second-order valence-electron chi connectivity index (χ2n) is 4.72. The summed E-state index contributed by atoms with van der Waals surface area (Å²) in [5, 5.41) is 9.93. The zero-order valence-corrected chi connectivity index (χ0v) is 11.8. The molecule has 104 valence electrons. The molecule has 0 bridgehead atoms. The number of phenolic OH excluding ortho intramolecular Hbond substituents is 1. The van der Waals surface area contributed by atoms with E-state index in [4.69, 9.17) is 11.6 Å². The van der Waals surface area contributed by atoms with E-state index in [1.807, 2.05) is 30.3 Å². The first-order chi connectivity index (χ1) is 10.1. The highest BCUT2D eigenvalue weighted by atomic mass is 35.5. The van der Waals surface area contributed by atoms with E-state index < -0.39 is 0 Å². The molecule has 0 aliphatic heterocycles. The first-order valence-corrected chi connectivity index (χ1v) is 6.87. The number of halogens is 2. The number of benzene rings is 3. The molecule has 1 nitrogen and oxygen atoms in total. The molecule has 3 aromatic rings. The van der Waals surface area contributed by atoms with Gasteiger partial charge in [0.15, 0.2) is 0 Å². The Hall–Kier alpha value is -2.32. The molecule has 0 aliphatic carbocycles. The standard InChI is InChI=1S/C18H12ClFO/c19-18-11-14(21)8-9-17(18)16-7-2-1-6-15(16)12-4-3-5-13(20)10-12/h1-11,21H. The van der Waals surface area contributed by atoms with Crippen molar-refractivity contribution in [1.29, 1.82) is 0 Å². The quantitative estimate of drug-likeness (QED) is 0.660. The Morgan fingerprint density at radius 1 is 0.762 bits per heavy atom. The van der Waals surface area contributed by atoms with Gasteiger partial charge in [-0.15, -0.1) is 0 Å². The number of phenols is 1. The highest BCUT2D eigenvalue weighted by Gasteiger charge is 2.11. The van der Waals surface area contributed by atoms with Crippen molar-refractivity contribution in [1.82, 2.24) is 0 Å². The zero-order chi connectivity index (χ0) is 14.8. The second kappa shape index (κ2) is 5.58. The van der Waals surface area contributed by atoms with Crippen LogP contribution in [-0.2, 0) is 0 Å². The summed E-state index contributed by atoms with van der Waals surface area (Å²) in [5.41, 5.74) is 3.38. The van der Waals surface area contributed by atoms with Gasteiger partial charge in [0.05, 0.1) is 5.02 Å². The molecular weight excluding hydrogens is 287 g/mol. The van der Waals surface area contributed by atoms with Gasteiger partial charge >= 0.3 is 0 Å². The fourth-order valence-corrected chi connectivity index (χ4v) is 2.62. The van der Waals surface area contributed by atoms with Crippen LogP contribution in [0.25, 0.3) is 22.3 Å². The molecule has 1 N–H and O–H groups in total. The fourth-order valence-electron chi connectivity index (χ4n) is 2.35. The van der Waals surface area contributed by atoms with Crippen LogP contribution in [0.15, 0.2) is 66.7 Å². The second-order valence-corrected chi connectivity index (χ2v) is 5.13. The van der Waals surface area contributed by atoms with Crippen LogP contribution in [0.2, 0.25) is 5.02 Å². The third kappa shape index (κ3) is 2.76. The van der Waals surface area contributed by atoms with E-state index in [2.05, 4.69) is 0 Å². The van der Waals surface area contributed by atoms with Crippen molar-refractivity contribution in [2.75, 3.05) is 0 Å². The third-order valence-corrected chi connectivity index (χ3v) is 3.62. The van der Waals surface area contributed by atoms with Gasteiger partial charge in [0.2, 0.25) is 0 Å². The van der Waals surface area contributed by atoms with E-state index >= 15 is 0 Å². The summed E-state index contributed by atoms with van der Waals surface area (Å²) in [4.78, 5) is 0. The van der Waals surface area contributed by atoms with Crippen LogP contribution >= 0.6 is 11.6 Å². The first-order valence-electron chi connectivity index (χ1n) is 6.49. The summed E-state index contributed by atoms with van der Waals surface area (Å²) in [7, 11) is 0. The largest absolute Gasteiger partial charge is 0.508 e. The lowest BCUT2D eigenvalue weighted by molar-refractivity contribution is 0.475. The molecule has 0 heterocycles. The average molecular weight is 299 g/mol. The Kier molecular flexibility index (Phi) is 3.63. The number of rotatable bonds is 2. The summed E-state index contributed by atoms with van der Waals surface area (Å²) in [6, 6.07) is 19.0. The molecule has 0 saturated heterocycles. The highest BCUT2D eigenvalue weighted by Crippen LogP contribution is 2.37. The van der Waals surface area contributed by atoms with Gasteiger partial charge in [-0.25, -0.2) is 4.39 Å². The van der Waals surface area contributed by atoms with Crippen LogP contribution in [-0.4, -0.2) is 5.11 Å². The average Bonchev–Trinajstić information content (AvgIpc) is 2.47. The third-order valence-electron chi connectivity index (χ3n) is 3.31. The Bertz CT molecular complexity index is 799. The molecular formula is C18H12ClFO. The lowest BCUT2D eigenvalue weighted by atomic mass is 9.94. The minimum atomic E-state index is -0.279. The van der Waals surface area contributed by atoms with E-state index in [-0.39, 0.29) is 11.6 Å². The molecule has 0 atom stereocenters. The van der Waals surface area contributed by atoms with Crippen LogP contribution in [0, 0.1) is 5.82 Å². The number of hydrogen-bond donors (Lipinski definition) is 1. The summed E-state index contributed by atoms with van der Waals surface area (Å²) in [5.74, 6) is -0.161. The van der Waals surface area contributed by atoms with E-state index in [9.17, 15) is 9.50 Å². The lowest BCUT2D eigenvalue weighted by Crippen LogP contribution is -1.87. The number of aromatic hydroxyl groups is 1. The summed E-state index contributed by atoms with van der Waals surface area (Å²) in [6.07, 6.45) is 0. The summed E-state index contributed by atoms with van der Waals surface area (Å²) in [6.45, 7) is 0. The van der Waals surface area contributed by atoms with Crippen molar-refractivity contribution in [3.8, 4) is 28.0 Å². The molecule has 3 aromatic carbocycles. The smallest absolute Gasteiger partial charge is 0.123 e. The Balaban J connectivity index is 2.20. The molecule has 0 radical (unpaired) electrons. The van der Waals surface area contributed by atoms with Gasteiger partial charge in [-0.05, 0) is 47.0 Å². The molecule has 0 saturated carbocycles. The minimum Gasteiger partial charge on any atom is -0.508 e. The van der Waals surface area contributed by atoms with E-state index in [0.717, 1.165) is 22.3 Å². The summed E-state index contributed by atoms with van der Waals surface area (Å²) < 4.78 is 13.5. The number of hydrogen-bond acceptors (Lipinski definition) is 1. The molecule has 0 amide bonds. The molecule has 3 rings (SSSR count).